The van der Waals surface area contributed by atoms with Gasteiger partial charge in [0.05, 0.1) is 0 Å². The first-order chi connectivity index (χ1) is 10.4. The molecule has 1 heterocycles. The Balaban J connectivity index is 1.86. The molecule has 0 radical (unpaired) electrons. The Hall–Kier alpha value is -1.63. The average molecular weight is 309 g/mol. The van der Waals surface area contributed by atoms with Crippen LogP contribution in [0, 0.1) is 6.92 Å². The fourth-order valence-corrected chi connectivity index (χ4v) is 3.04. The molecule has 1 aromatic rings. The van der Waals surface area contributed by atoms with Crippen molar-refractivity contribution in [1.82, 2.24) is 25.7 Å². The highest BCUT2D eigenvalue weighted by molar-refractivity contribution is 5.74. The van der Waals surface area contributed by atoms with Gasteiger partial charge in [0.1, 0.15) is 6.04 Å². The van der Waals surface area contributed by atoms with Crippen LogP contribution in [0.4, 0.5) is 4.79 Å². The summed E-state index contributed by atoms with van der Waals surface area (Å²) in [7, 11) is 4.18. The number of hydrogen-bond donors (Lipinski definition) is 2. The zero-order valence-electron chi connectivity index (χ0n) is 14.0. The molecule has 2 rings (SSSR count). The van der Waals surface area contributed by atoms with Crippen molar-refractivity contribution in [1.29, 1.82) is 0 Å². The number of nitrogens with one attached hydrogen (secondary N) is 2. The summed E-state index contributed by atoms with van der Waals surface area (Å²) in [5.41, 5.74) is 0.0693. The Morgan fingerprint density at radius 3 is 2.59 bits per heavy atom. The van der Waals surface area contributed by atoms with Gasteiger partial charge < -0.3 is 20.1 Å². The molecule has 22 heavy (non-hydrogen) atoms. The lowest BCUT2D eigenvalue weighted by Crippen LogP contribution is -2.55. The number of carbonyl (C=O) groups is 1. The smallest absolute Gasteiger partial charge is 0.315 e. The highest BCUT2D eigenvalue weighted by atomic mass is 16.5. The van der Waals surface area contributed by atoms with Crippen LogP contribution in [-0.2, 0) is 0 Å². The Kier molecular flexibility index (Phi) is 5.39. The average Bonchev–Trinajstić information content (AvgIpc) is 2.93. The molecule has 1 atom stereocenters. The summed E-state index contributed by atoms with van der Waals surface area (Å²) in [5.74, 6) is 0.991. The second kappa shape index (κ2) is 7.09. The van der Waals surface area contributed by atoms with Gasteiger partial charge in [0.2, 0.25) is 5.89 Å². The molecule has 1 saturated carbocycles. The van der Waals surface area contributed by atoms with E-state index in [0.717, 1.165) is 12.8 Å². The number of aryl methyl sites for hydroxylation is 1. The van der Waals surface area contributed by atoms with Crippen molar-refractivity contribution in [3.8, 4) is 0 Å². The summed E-state index contributed by atoms with van der Waals surface area (Å²) in [5, 5.41) is 9.58. The van der Waals surface area contributed by atoms with E-state index in [1.165, 1.54) is 19.3 Å². The van der Waals surface area contributed by atoms with Crippen LogP contribution in [0.3, 0.4) is 0 Å². The minimum absolute atomic E-state index is 0.0693. The van der Waals surface area contributed by atoms with Crippen molar-refractivity contribution in [3.63, 3.8) is 0 Å². The van der Waals surface area contributed by atoms with Gasteiger partial charge >= 0.3 is 6.03 Å². The second-order valence-corrected chi connectivity index (χ2v) is 6.41. The lowest BCUT2D eigenvalue weighted by Gasteiger charge is -2.43. The fraction of sp³-hybridized carbons (Fsp3) is 0.800. The van der Waals surface area contributed by atoms with Crippen LogP contribution >= 0.6 is 0 Å². The van der Waals surface area contributed by atoms with Crippen LogP contribution in [0.1, 0.15) is 56.8 Å². The van der Waals surface area contributed by atoms with E-state index in [1.807, 2.05) is 6.92 Å². The summed E-state index contributed by atoms with van der Waals surface area (Å²) >= 11 is 0. The number of rotatable bonds is 5. The van der Waals surface area contributed by atoms with Gasteiger partial charge in [-0.3, -0.25) is 0 Å². The van der Waals surface area contributed by atoms with Crippen LogP contribution in [0.25, 0.3) is 0 Å². The molecule has 1 fully saturated rings. The van der Waals surface area contributed by atoms with Crippen molar-refractivity contribution in [3.05, 3.63) is 11.7 Å². The largest absolute Gasteiger partial charge is 0.337 e. The highest BCUT2D eigenvalue weighted by Gasteiger charge is 2.34. The molecular formula is C15H27N5O2. The minimum Gasteiger partial charge on any atom is -0.337 e. The van der Waals surface area contributed by atoms with Gasteiger partial charge in [0.25, 0.3) is 0 Å². The molecule has 7 nitrogen and oxygen atoms in total. The molecular weight excluding hydrogens is 282 g/mol. The minimum atomic E-state index is -0.303. The van der Waals surface area contributed by atoms with Crippen molar-refractivity contribution >= 4 is 6.03 Å². The molecule has 1 aromatic heterocycles. The molecule has 124 valence electrons. The van der Waals surface area contributed by atoms with Gasteiger partial charge in [-0.15, -0.1) is 0 Å². The number of hydrogen-bond acceptors (Lipinski definition) is 5. The predicted molar refractivity (Wildman–Crippen MR) is 83.5 cm³/mol. The van der Waals surface area contributed by atoms with E-state index in [2.05, 4.69) is 39.8 Å². The summed E-state index contributed by atoms with van der Waals surface area (Å²) in [6.07, 6.45) is 5.98. The molecule has 0 aliphatic heterocycles. The third kappa shape index (κ3) is 3.97. The fourth-order valence-electron chi connectivity index (χ4n) is 3.04. The molecule has 0 aromatic carbocycles. The number of nitrogens with zero attached hydrogens (tertiary/aromatic N) is 3. The highest BCUT2D eigenvalue weighted by Crippen LogP contribution is 2.31. The molecule has 1 aliphatic carbocycles. The Labute approximate surface area is 131 Å². The Morgan fingerprint density at radius 2 is 2.05 bits per heavy atom. The van der Waals surface area contributed by atoms with Crippen LogP contribution in [-0.4, -0.2) is 47.3 Å². The van der Waals surface area contributed by atoms with Crippen molar-refractivity contribution in [2.24, 2.45) is 0 Å². The number of amides is 2. The first-order valence-corrected chi connectivity index (χ1v) is 7.95. The summed E-state index contributed by atoms with van der Waals surface area (Å²) < 4.78 is 5.07. The molecule has 0 bridgehead atoms. The van der Waals surface area contributed by atoms with Crippen molar-refractivity contribution in [2.45, 2.75) is 57.5 Å². The van der Waals surface area contributed by atoms with Gasteiger partial charge in [-0.05, 0) is 40.8 Å². The summed E-state index contributed by atoms with van der Waals surface area (Å²) in [6.45, 7) is 4.24. The molecule has 0 unspecified atom stereocenters. The van der Waals surface area contributed by atoms with Crippen molar-refractivity contribution in [2.75, 3.05) is 20.6 Å². The predicted octanol–water partition coefficient (Wildman–Crippen LogP) is 2.00. The number of likely N-dealkylation sites (N-methyl/N-ethyl adjacent to an activating group) is 1. The Bertz CT molecular complexity index is 494. The van der Waals surface area contributed by atoms with Crippen LogP contribution < -0.4 is 10.6 Å². The molecule has 0 spiro atoms. The molecule has 2 amide bonds. The number of aromatic nitrogens is 2. The zero-order chi connectivity index (χ0) is 16.2. The van der Waals surface area contributed by atoms with E-state index < -0.39 is 0 Å². The van der Waals surface area contributed by atoms with E-state index >= 15 is 0 Å². The number of carbonyl (C=O) groups excluding carboxylic acids is 1. The van der Waals surface area contributed by atoms with E-state index in [0.29, 0.717) is 18.3 Å². The van der Waals surface area contributed by atoms with E-state index in [9.17, 15) is 4.79 Å². The van der Waals surface area contributed by atoms with Gasteiger partial charge in [0.15, 0.2) is 5.82 Å². The number of urea groups is 1. The van der Waals surface area contributed by atoms with Gasteiger partial charge in [-0.2, -0.15) is 4.98 Å². The second-order valence-electron chi connectivity index (χ2n) is 6.41. The van der Waals surface area contributed by atoms with Crippen LogP contribution in [0.2, 0.25) is 0 Å². The standard InChI is InChI=1S/C15H27N5O2/c1-11(13-18-12(2)19-22-13)17-14(21)16-10-15(20(3)4)8-6-5-7-9-15/h11H,5-10H2,1-4H3,(H2,16,17,21)/t11-/m0/s1. The molecule has 1 aliphatic rings. The Morgan fingerprint density at radius 1 is 1.36 bits per heavy atom. The van der Waals surface area contributed by atoms with Gasteiger partial charge in [0, 0.05) is 12.1 Å². The summed E-state index contributed by atoms with van der Waals surface area (Å²) in [6, 6.07) is -0.502. The van der Waals surface area contributed by atoms with Crippen LogP contribution in [0.5, 0.6) is 0 Å². The SMILES string of the molecule is Cc1noc([C@H](C)NC(=O)NCC2(N(C)C)CCCCC2)n1. The molecule has 0 saturated heterocycles. The first kappa shape index (κ1) is 16.7. The van der Waals surface area contributed by atoms with Gasteiger partial charge in [-0.1, -0.05) is 24.4 Å². The van der Waals surface area contributed by atoms with E-state index in [-0.39, 0.29) is 17.6 Å². The van der Waals surface area contributed by atoms with Gasteiger partial charge in [-0.25, -0.2) is 4.79 Å². The molecule has 7 heteroatoms. The lowest BCUT2D eigenvalue weighted by atomic mass is 9.80. The quantitative estimate of drug-likeness (QED) is 0.869. The van der Waals surface area contributed by atoms with Crippen molar-refractivity contribution < 1.29 is 9.32 Å². The monoisotopic (exact) mass is 309 g/mol. The third-order valence-corrected chi connectivity index (χ3v) is 4.57. The van der Waals surface area contributed by atoms with E-state index in [1.54, 1.807) is 6.92 Å². The van der Waals surface area contributed by atoms with Crippen LogP contribution in [0.15, 0.2) is 4.52 Å². The maximum Gasteiger partial charge on any atom is 0.315 e. The molecule has 2 N–H and O–H groups in total. The third-order valence-electron chi connectivity index (χ3n) is 4.57. The normalized spacial score (nSPS) is 19.0. The zero-order valence-corrected chi connectivity index (χ0v) is 14.0. The topological polar surface area (TPSA) is 83.3 Å². The lowest BCUT2D eigenvalue weighted by molar-refractivity contribution is 0.100. The maximum absolute atomic E-state index is 12.1. The maximum atomic E-state index is 12.1. The van der Waals surface area contributed by atoms with E-state index in [4.69, 9.17) is 4.52 Å². The summed E-state index contributed by atoms with van der Waals surface area (Å²) in [4.78, 5) is 18.5. The first-order valence-electron chi connectivity index (χ1n) is 7.95.